The molecule has 28 heavy (non-hydrogen) atoms. The van der Waals surface area contributed by atoms with Crippen LogP contribution in [0.2, 0.25) is 5.02 Å². The van der Waals surface area contributed by atoms with Crippen LogP contribution in [0.5, 0.6) is 0 Å². The molecule has 0 radical (unpaired) electrons. The predicted molar refractivity (Wildman–Crippen MR) is 114 cm³/mol. The van der Waals surface area contributed by atoms with Crippen LogP contribution < -0.4 is 5.32 Å². The Morgan fingerprint density at radius 1 is 1.21 bits per heavy atom. The number of nitrogens with one attached hydrogen (secondary N) is 1. The molecule has 0 aliphatic rings. The van der Waals surface area contributed by atoms with Crippen molar-refractivity contribution in [2.75, 3.05) is 5.32 Å². The highest BCUT2D eigenvalue weighted by atomic mass is 79.9. The van der Waals surface area contributed by atoms with Crippen molar-refractivity contribution in [3.63, 3.8) is 0 Å². The van der Waals surface area contributed by atoms with Gasteiger partial charge in [0.1, 0.15) is 5.01 Å². The van der Waals surface area contributed by atoms with E-state index in [4.69, 9.17) is 11.6 Å². The summed E-state index contributed by atoms with van der Waals surface area (Å²) in [6.45, 7) is 3.41. The third kappa shape index (κ3) is 4.43. The zero-order chi connectivity index (χ0) is 19.5. The van der Waals surface area contributed by atoms with Gasteiger partial charge in [-0.3, -0.25) is 9.36 Å². The summed E-state index contributed by atoms with van der Waals surface area (Å²) in [5.74, 6) is 0.724. The zero-order valence-electron chi connectivity index (χ0n) is 15.0. The van der Waals surface area contributed by atoms with E-state index in [0.29, 0.717) is 6.54 Å². The molecule has 144 valence electrons. The van der Waals surface area contributed by atoms with Crippen LogP contribution in [0.25, 0.3) is 0 Å². The van der Waals surface area contributed by atoms with E-state index in [9.17, 15) is 0 Å². The second kappa shape index (κ2) is 8.42. The van der Waals surface area contributed by atoms with E-state index >= 15 is 0 Å². The van der Waals surface area contributed by atoms with Crippen molar-refractivity contribution in [1.82, 2.24) is 29.8 Å². The summed E-state index contributed by atoms with van der Waals surface area (Å²) in [7, 11) is 0. The van der Waals surface area contributed by atoms with E-state index in [1.165, 1.54) is 11.3 Å². The van der Waals surface area contributed by atoms with E-state index in [2.05, 4.69) is 41.6 Å². The second-order valence-electron chi connectivity index (χ2n) is 6.17. The Morgan fingerprint density at radius 3 is 2.86 bits per heavy atom. The molecule has 7 nitrogen and oxygen atoms in total. The minimum absolute atomic E-state index is 0.613. The van der Waals surface area contributed by atoms with Crippen LogP contribution in [-0.2, 0) is 19.5 Å². The molecular formula is C18H17BrClN7S. The first kappa shape index (κ1) is 19.1. The molecule has 4 rings (SSSR count). The third-order valence-electron chi connectivity index (χ3n) is 4.21. The zero-order valence-corrected chi connectivity index (χ0v) is 18.2. The van der Waals surface area contributed by atoms with Crippen molar-refractivity contribution in [1.29, 1.82) is 0 Å². The lowest BCUT2D eigenvalue weighted by molar-refractivity contribution is 0.595. The van der Waals surface area contributed by atoms with Gasteiger partial charge in [0.15, 0.2) is 5.82 Å². The highest BCUT2D eigenvalue weighted by Gasteiger charge is 2.09. The lowest BCUT2D eigenvalue weighted by atomic mass is 10.2. The van der Waals surface area contributed by atoms with Crippen LogP contribution in [0.15, 0.2) is 47.2 Å². The fourth-order valence-electron chi connectivity index (χ4n) is 2.68. The number of hydrogen-bond donors (Lipinski definition) is 1. The average molecular weight is 479 g/mol. The molecule has 1 N–H and O–H groups in total. The highest BCUT2D eigenvalue weighted by Crippen LogP contribution is 2.22. The number of hydrogen-bond acceptors (Lipinski definition) is 6. The summed E-state index contributed by atoms with van der Waals surface area (Å²) in [4.78, 5) is 0. The van der Waals surface area contributed by atoms with Crippen molar-refractivity contribution in [2.45, 2.75) is 26.4 Å². The second-order valence-corrected chi connectivity index (χ2v) is 8.49. The largest absolute Gasteiger partial charge is 0.313 e. The maximum Gasteiger partial charge on any atom is 0.211 e. The number of halogens is 2. The van der Waals surface area contributed by atoms with Gasteiger partial charge in [-0.1, -0.05) is 41.1 Å². The summed E-state index contributed by atoms with van der Waals surface area (Å²) >= 11 is 11.2. The fraction of sp³-hybridized carbons (Fsp3) is 0.222. The Hall–Kier alpha value is -2.23. The molecule has 0 bridgehead atoms. The number of benzene rings is 1. The van der Waals surface area contributed by atoms with Crippen molar-refractivity contribution < 1.29 is 0 Å². The van der Waals surface area contributed by atoms with Gasteiger partial charge in [0, 0.05) is 35.9 Å². The van der Waals surface area contributed by atoms with E-state index in [-0.39, 0.29) is 0 Å². The summed E-state index contributed by atoms with van der Waals surface area (Å²) in [6.07, 6.45) is 4.49. The van der Waals surface area contributed by atoms with Crippen LogP contribution in [-0.4, -0.2) is 29.8 Å². The van der Waals surface area contributed by atoms with Crippen LogP contribution >= 0.6 is 38.9 Å². The normalized spacial score (nSPS) is 11.1. The standard InChI is InChI=1S/C18H17BrClN7S/c1-12-14(19)10-21-27(12)9-7-17-23-24-18(28-17)22-16-6-8-26(25-16)11-13-4-2-3-5-15(13)20/h2-6,8,10H,7,9,11H2,1H3,(H,22,24,25). The van der Waals surface area contributed by atoms with E-state index in [1.54, 1.807) is 6.20 Å². The summed E-state index contributed by atoms with van der Waals surface area (Å²) in [6, 6.07) is 9.67. The van der Waals surface area contributed by atoms with Gasteiger partial charge in [0.25, 0.3) is 0 Å². The first-order valence-electron chi connectivity index (χ1n) is 8.62. The molecule has 1 aromatic carbocycles. The quantitative estimate of drug-likeness (QED) is 0.417. The van der Waals surface area contributed by atoms with Gasteiger partial charge < -0.3 is 5.32 Å². The van der Waals surface area contributed by atoms with E-state index in [1.807, 2.05) is 52.8 Å². The minimum atomic E-state index is 0.613. The van der Waals surface area contributed by atoms with Gasteiger partial charge in [-0.05, 0) is 34.5 Å². The number of aryl methyl sites for hydroxylation is 2. The summed E-state index contributed by atoms with van der Waals surface area (Å²) in [5, 5.41) is 22.9. The van der Waals surface area contributed by atoms with Crippen molar-refractivity contribution >= 4 is 49.8 Å². The molecule has 0 unspecified atom stereocenters. The molecule has 0 atom stereocenters. The van der Waals surface area contributed by atoms with Crippen molar-refractivity contribution in [3.05, 3.63) is 68.5 Å². The SMILES string of the molecule is Cc1c(Br)cnn1CCc1nnc(Nc2ccn(Cc3ccccc3Cl)n2)s1. The van der Waals surface area contributed by atoms with Gasteiger partial charge in [-0.2, -0.15) is 10.2 Å². The van der Waals surface area contributed by atoms with Gasteiger partial charge in [-0.25, -0.2) is 0 Å². The summed E-state index contributed by atoms with van der Waals surface area (Å²) in [5.41, 5.74) is 2.13. The number of anilines is 2. The number of aromatic nitrogens is 6. The molecule has 3 heterocycles. The Labute approximate surface area is 179 Å². The van der Waals surface area contributed by atoms with Crippen molar-refractivity contribution in [3.8, 4) is 0 Å². The maximum atomic E-state index is 6.22. The topological polar surface area (TPSA) is 73.5 Å². The van der Waals surface area contributed by atoms with Gasteiger partial charge in [-0.15, -0.1) is 10.2 Å². The Bertz CT molecular complexity index is 1090. The average Bonchev–Trinajstić information content (AvgIpc) is 3.39. The molecular weight excluding hydrogens is 462 g/mol. The van der Waals surface area contributed by atoms with Crippen LogP contribution in [0, 0.1) is 6.92 Å². The first-order chi connectivity index (χ1) is 13.6. The molecule has 3 aromatic heterocycles. The Kier molecular flexibility index (Phi) is 5.74. The molecule has 4 aromatic rings. The number of nitrogens with zero attached hydrogens (tertiary/aromatic N) is 6. The molecule has 0 aliphatic carbocycles. The Morgan fingerprint density at radius 2 is 2.07 bits per heavy atom. The lowest BCUT2D eigenvalue weighted by Gasteiger charge is -2.04. The van der Waals surface area contributed by atoms with Gasteiger partial charge in [0.2, 0.25) is 5.13 Å². The first-order valence-corrected chi connectivity index (χ1v) is 10.6. The predicted octanol–water partition coefficient (Wildman–Crippen LogP) is 4.69. The third-order valence-corrected chi connectivity index (χ3v) is 6.26. The van der Waals surface area contributed by atoms with Crippen LogP contribution in [0.1, 0.15) is 16.3 Å². The molecule has 0 amide bonds. The van der Waals surface area contributed by atoms with E-state index in [0.717, 1.165) is 49.7 Å². The molecule has 0 fully saturated rings. The molecule has 0 aliphatic heterocycles. The molecule has 10 heteroatoms. The monoisotopic (exact) mass is 477 g/mol. The molecule has 0 spiro atoms. The summed E-state index contributed by atoms with van der Waals surface area (Å²) < 4.78 is 4.80. The van der Waals surface area contributed by atoms with Crippen molar-refractivity contribution in [2.24, 2.45) is 0 Å². The van der Waals surface area contributed by atoms with Crippen LogP contribution in [0.4, 0.5) is 10.9 Å². The minimum Gasteiger partial charge on any atom is -0.313 e. The maximum absolute atomic E-state index is 6.22. The van der Waals surface area contributed by atoms with Gasteiger partial charge >= 0.3 is 0 Å². The molecule has 0 saturated heterocycles. The Balaban J connectivity index is 1.36. The smallest absolute Gasteiger partial charge is 0.211 e. The van der Waals surface area contributed by atoms with Crippen LogP contribution in [0.3, 0.4) is 0 Å². The number of rotatable bonds is 7. The fourth-order valence-corrected chi connectivity index (χ4v) is 3.91. The molecule has 0 saturated carbocycles. The highest BCUT2D eigenvalue weighted by molar-refractivity contribution is 9.10. The van der Waals surface area contributed by atoms with Gasteiger partial charge in [0.05, 0.1) is 17.2 Å². The van der Waals surface area contributed by atoms with E-state index < -0.39 is 0 Å². The lowest BCUT2D eigenvalue weighted by Crippen LogP contribution is -2.04.